The zero-order chi connectivity index (χ0) is 14.7. The summed E-state index contributed by atoms with van der Waals surface area (Å²) in [7, 11) is 1.67. The van der Waals surface area contributed by atoms with Crippen LogP contribution in [0.1, 0.15) is 29.0 Å². The molecule has 0 saturated carbocycles. The molecule has 0 bridgehead atoms. The predicted molar refractivity (Wildman–Crippen MR) is 90.3 cm³/mol. The Morgan fingerprint density at radius 3 is 2.65 bits per heavy atom. The van der Waals surface area contributed by atoms with Crippen molar-refractivity contribution in [3.8, 4) is 5.75 Å². The maximum atomic E-state index is 6.20. The van der Waals surface area contributed by atoms with Crippen LogP contribution in [0.25, 0.3) is 0 Å². The van der Waals surface area contributed by atoms with E-state index in [9.17, 15) is 0 Å². The molecule has 0 spiro atoms. The van der Waals surface area contributed by atoms with Crippen molar-refractivity contribution in [3.05, 3.63) is 49.1 Å². The molecular formula is C15H17BrClNOS. The fourth-order valence-corrected chi connectivity index (χ4v) is 3.95. The van der Waals surface area contributed by atoms with Crippen molar-refractivity contribution in [3.63, 3.8) is 0 Å². The van der Waals surface area contributed by atoms with Gasteiger partial charge in [-0.3, -0.25) is 0 Å². The van der Waals surface area contributed by atoms with Crippen LogP contribution in [0.3, 0.4) is 0 Å². The number of halogens is 2. The van der Waals surface area contributed by atoms with Gasteiger partial charge in [0.2, 0.25) is 0 Å². The van der Waals surface area contributed by atoms with E-state index >= 15 is 0 Å². The number of nitrogens with one attached hydrogen (secondary N) is 1. The number of methoxy groups -OCH3 is 1. The summed E-state index contributed by atoms with van der Waals surface area (Å²) in [6.45, 7) is 5.03. The van der Waals surface area contributed by atoms with Gasteiger partial charge >= 0.3 is 0 Å². The van der Waals surface area contributed by atoms with Crippen molar-refractivity contribution in [1.82, 2.24) is 5.32 Å². The molecule has 0 radical (unpaired) electrons. The first kappa shape index (κ1) is 15.8. The first-order valence-electron chi connectivity index (χ1n) is 6.39. The van der Waals surface area contributed by atoms with Crippen LogP contribution in [0.2, 0.25) is 4.34 Å². The third-order valence-corrected chi connectivity index (χ3v) is 5.32. The summed E-state index contributed by atoms with van der Waals surface area (Å²) in [4.78, 5) is 1.23. The molecule has 1 heterocycles. The number of benzene rings is 1. The minimum Gasteiger partial charge on any atom is -0.496 e. The molecule has 5 heteroatoms. The number of thiophene rings is 1. The van der Waals surface area contributed by atoms with Crippen LogP contribution >= 0.6 is 38.9 Å². The fraction of sp³-hybridized carbons (Fsp3) is 0.333. The van der Waals surface area contributed by atoms with Crippen LogP contribution in [0.15, 0.2) is 28.7 Å². The average molecular weight is 375 g/mol. The quantitative estimate of drug-likeness (QED) is 0.778. The van der Waals surface area contributed by atoms with Crippen molar-refractivity contribution < 1.29 is 4.74 Å². The standard InChI is InChI=1S/C15H17BrClNOS/c1-4-18-14(13-7-9(2)15(17)20-13)10-5-6-12(19-3)11(16)8-10/h5-8,14,18H,4H2,1-3H3. The Balaban J connectivity index is 2.40. The lowest BCUT2D eigenvalue weighted by molar-refractivity contribution is 0.412. The lowest BCUT2D eigenvalue weighted by Crippen LogP contribution is -2.21. The summed E-state index contributed by atoms with van der Waals surface area (Å²) in [5.74, 6) is 0.837. The number of ether oxygens (including phenoxy) is 1. The predicted octanol–water partition coefficient (Wildman–Crippen LogP) is 5.18. The number of hydrogen-bond donors (Lipinski definition) is 1. The van der Waals surface area contributed by atoms with E-state index in [0.29, 0.717) is 0 Å². The summed E-state index contributed by atoms with van der Waals surface area (Å²) in [6, 6.07) is 8.46. The molecule has 0 aliphatic heterocycles. The first-order chi connectivity index (χ1) is 9.56. The Kier molecular flexibility index (Phi) is 5.49. The van der Waals surface area contributed by atoms with Gasteiger partial charge in [-0.1, -0.05) is 24.6 Å². The molecule has 1 unspecified atom stereocenters. The number of aryl methyl sites for hydroxylation is 1. The molecule has 108 valence electrons. The molecule has 0 fully saturated rings. The SMILES string of the molecule is CCNC(c1ccc(OC)c(Br)c1)c1cc(C)c(Cl)s1. The van der Waals surface area contributed by atoms with Crippen LogP contribution < -0.4 is 10.1 Å². The van der Waals surface area contributed by atoms with Gasteiger partial charge in [-0.25, -0.2) is 0 Å². The van der Waals surface area contributed by atoms with E-state index < -0.39 is 0 Å². The van der Waals surface area contributed by atoms with Gasteiger partial charge in [0.05, 0.1) is 22.0 Å². The van der Waals surface area contributed by atoms with Crippen molar-refractivity contribution in [2.45, 2.75) is 19.9 Å². The third kappa shape index (κ3) is 3.37. The molecule has 1 N–H and O–H groups in total. The van der Waals surface area contributed by atoms with Gasteiger partial charge < -0.3 is 10.1 Å². The molecule has 1 aromatic heterocycles. The lowest BCUT2D eigenvalue weighted by atomic mass is 10.0. The second-order valence-electron chi connectivity index (χ2n) is 4.49. The lowest BCUT2D eigenvalue weighted by Gasteiger charge is -2.18. The van der Waals surface area contributed by atoms with E-state index in [2.05, 4.69) is 46.4 Å². The molecule has 20 heavy (non-hydrogen) atoms. The Morgan fingerprint density at radius 2 is 2.15 bits per heavy atom. The monoisotopic (exact) mass is 373 g/mol. The molecule has 2 rings (SSSR count). The van der Waals surface area contributed by atoms with Gasteiger partial charge in [-0.05, 0) is 58.7 Å². The zero-order valence-electron chi connectivity index (χ0n) is 11.7. The van der Waals surface area contributed by atoms with Crippen molar-refractivity contribution in [1.29, 1.82) is 0 Å². The van der Waals surface area contributed by atoms with Gasteiger partial charge in [0.25, 0.3) is 0 Å². The van der Waals surface area contributed by atoms with Crippen LogP contribution in [0, 0.1) is 6.92 Å². The van der Waals surface area contributed by atoms with Crippen molar-refractivity contribution in [2.75, 3.05) is 13.7 Å². The maximum absolute atomic E-state index is 6.20. The normalized spacial score (nSPS) is 12.4. The highest BCUT2D eigenvalue weighted by Crippen LogP contribution is 2.36. The molecule has 0 aliphatic carbocycles. The molecule has 1 atom stereocenters. The highest BCUT2D eigenvalue weighted by Gasteiger charge is 2.17. The Hall–Kier alpha value is -0.550. The summed E-state index contributed by atoms with van der Waals surface area (Å²) in [5, 5.41) is 3.51. The maximum Gasteiger partial charge on any atom is 0.133 e. The second kappa shape index (κ2) is 6.94. The van der Waals surface area contributed by atoms with E-state index in [-0.39, 0.29) is 6.04 Å². The Morgan fingerprint density at radius 1 is 1.40 bits per heavy atom. The fourth-order valence-electron chi connectivity index (χ4n) is 2.07. The topological polar surface area (TPSA) is 21.3 Å². The smallest absolute Gasteiger partial charge is 0.133 e. The van der Waals surface area contributed by atoms with Crippen LogP contribution in [0.4, 0.5) is 0 Å². The van der Waals surface area contributed by atoms with Crippen LogP contribution in [-0.2, 0) is 0 Å². The van der Waals surface area contributed by atoms with Gasteiger partial charge in [-0.15, -0.1) is 11.3 Å². The van der Waals surface area contributed by atoms with E-state index in [1.54, 1.807) is 18.4 Å². The van der Waals surface area contributed by atoms with Crippen molar-refractivity contribution in [2.24, 2.45) is 0 Å². The van der Waals surface area contributed by atoms with E-state index in [0.717, 1.165) is 26.7 Å². The van der Waals surface area contributed by atoms with E-state index in [1.165, 1.54) is 10.4 Å². The first-order valence-corrected chi connectivity index (χ1v) is 8.38. The van der Waals surface area contributed by atoms with Gasteiger partial charge in [0, 0.05) is 4.88 Å². The molecule has 0 amide bonds. The Bertz CT molecular complexity index is 580. The highest BCUT2D eigenvalue weighted by atomic mass is 79.9. The van der Waals surface area contributed by atoms with Crippen molar-refractivity contribution >= 4 is 38.9 Å². The third-order valence-electron chi connectivity index (χ3n) is 3.08. The van der Waals surface area contributed by atoms with E-state index in [4.69, 9.17) is 16.3 Å². The molecule has 2 aromatic rings. The summed E-state index contributed by atoms with van der Waals surface area (Å²) < 4.78 is 7.10. The molecular weight excluding hydrogens is 358 g/mol. The molecule has 0 aliphatic rings. The zero-order valence-corrected chi connectivity index (χ0v) is 14.8. The van der Waals surface area contributed by atoms with Crippen LogP contribution in [-0.4, -0.2) is 13.7 Å². The molecule has 0 saturated heterocycles. The number of rotatable bonds is 5. The molecule has 2 nitrogen and oxygen atoms in total. The average Bonchev–Trinajstić information content (AvgIpc) is 2.75. The van der Waals surface area contributed by atoms with Crippen LogP contribution in [0.5, 0.6) is 5.75 Å². The molecule has 1 aromatic carbocycles. The second-order valence-corrected chi connectivity index (χ2v) is 7.03. The van der Waals surface area contributed by atoms with Gasteiger partial charge in [-0.2, -0.15) is 0 Å². The summed E-state index contributed by atoms with van der Waals surface area (Å²) in [5.41, 5.74) is 2.32. The van der Waals surface area contributed by atoms with Gasteiger partial charge in [0.1, 0.15) is 5.75 Å². The minimum atomic E-state index is 0.151. The largest absolute Gasteiger partial charge is 0.496 e. The minimum absolute atomic E-state index is 0.151. The summed E-state index contributed by atoms with van der Waals surface area (Å²) >= 11 is 11.4. The van der Waals surface area contributed by atoms with E-state index in [1.807, 2.05) is 13.0 Å². The van der Waals surface area contributed by atoms with Gasteiger partial charge in [0.15, 0.2) is 0 Å². The highest BCUT2D eigenvalue weighted by molar-refractivity contribution is 9.10. The Labute approximate surface area is 137 Å². The number of hydrogen-bond acceptors (Lipinski definition) is 3. The summed E-state index contributed by atoms with van der Waals surface area (Å²) in [6.07, 6.45) is 0.